The zero-order chi connectivity index (χ0) is 18.7. The van der Waals surface area contributed by atoms with Gasteiger partial charge in [-0.2, -0.15) is 13.2 Å². The van der Waals surface area contributed by atoms with Crippen LogP contribution in [-0.4, -0.2) is 24.0 Å². The first kappa shape index (κ1) is 19.2. The Labute approximate surface area is 152 Å². The van der Waals surface area contributed by atoms with Crippen LogP contribution in [0.25, 0.3) is 0 Å². The second kappa shape index (κ2) is 7.99. The van der Waals surface area contributed by atoms with E-state index in [1.54, 1.807) is 6.92 Å². The number of carbonyl (C=O) groups is 1. The van der Waals surface area contributed by atoms with E-state index in [0.717, 1.165) is 31.4 Å². The molecule has 2 aliphatic carbocycles. The van der Waals surface area contributed by atoms with E-state index < -0.39 is 11.7 Å². The largest absolute Gasteiger partial charge is 0.416 e. The summed E-state index contributed by atoms with van der Waals surface area (Å²) in [6.45, 7) is 1.77. The number of hydrogen-bond donors (Lipinski definition) is 2. The Kier molecular flexibility index (Phi) is 5.90. The molecule has 0 aliphatic heterocycles. The van der Waals surface area contributed by atoms with Crippen LogP contribution in [0, 0.1) is 0 Å². The van der Waals surface area contributed by atoms with Crippen molar-refractivity contribution >= 4 is 5.91 Å². The summed E-state index contributed by atoms with van der Waals surface area (Å²) < 4.78 is 38.7. The summed E-state index contributed by atoms with van der Waals surface area (Å²) >= 11 is 0. The van der Waals surface area contributed by atoms with E-state index in [4.69, 9.17) is 0 Å². The first-order valence-corrected chi connectivity index (χ1v) is 9.65. The molecule has 0 unspecified atom stereocenters. The Morgan fingerprint density at radius 1 is 1.08 bits per heavy atom. The molecule has 2 N–H and O–H groups in total. The van der Waals surface area contributed by atoms with E-state index in [-0.39, 0.29) is 18.0 Å². The number of benzene rings is 1. The zero-order valence-electron chi connectivity index (χ0n) is 15.2. The van der Waals surface area contributed by atoms with Gasteiger partial charge in [-0.05, 0) is 62.3 Å². The zero-order valence-corrected chi connectivity index (χ0v) is 15.2. The monoisotopic (exact) mass is 368 g/mol. The summed E-state index contributed by atoms with van der Waals surface area (Å²) in [5.41, 5.74) is 0.0928. The van der Waals surface area contributed by atoms with E-state index in [1.807, 2.05) is 0 Å². The predicted octanol–water partition coefficient (Wildman–Crippen LogP) is 4.45. The van der Waals surface area contributed by atoms with Gasteiger partial charge in [0.05, 0.1) is 5.56 Å². The van der Waals surface area contributed by atoms with Gasteiger partial charge in [-0.25, -0.2) is 0 Å². The lowest BCUT2D eigenvalue weighted by molar-refractivity contribution is -0.137. The summed E-state index contributed by atoms with van der Waals surface area (Å²) in [6.07, 6.45) is 3.91. The molecule has 144 valence electrons. The minimum absolute atomic E-state index is 0.0510. The quantitative estimate of drug-likeness (QED) is 0.806. The third kappa shape index (κ3) is 4.40. The molecule has 0 spiro atoms. The number of carbonyl (C=O) groups excluding carboxylic acids is 1. The van der Waals surface area contributed by atoms with Crippen LogP contribution in [0.5, 0.6) is 0 Å². The van der Waals surface area contributed by atoms with Crippen molar-refractivity contribution in [3.8, 4) is 0 Å². The molecule has 1 amide bonds. The van der Waals surface area contributed by atoms with Gasteiger partial charge < -0.3 is 10.6 Å². The molecule has 3 nitrogen and oxygen atoms in total. The molecular weight excluding hydrogens is 341 g/mol. The fourth-order valence-corrected chi connectivity index (χ4v) is 4.26. The van der Waals surface area contributed by atoms with Crippen LogP contribution in [0.15, 0.2) is 18.2 Å². The van der Waals surface area contributed by atoms with Crippen molar-refractivity contribution in [1.29, 1.82) is 0 Å². The molecular formula is C20H27F3N2O. The van der Waals surface area contributed by atoms with Crippen molar-refractivity contribution < 1.29 is 18.0 Å². The molecule has 2 fully saturated rings. The molecule has 0 bridgehead atoms. The van der Waals surface area contributed by atoms with Crippen molar-refractivity contribution in [1.82, 2.24) is 10.6 Å². The van der Waals surface area contributed by atoms with Gasteiger partial charge in [-0.3, -0.25) is 4.79 Å². The Balaban J connectivity index is 1.68. The van der Waals surface area contributed by atoms with Gasteiger partial charge in [0.15, 0.2) is 0 Å². The Morgan fingerprint density at radius 2 is 1.77 bits per heavy atom. The van der Waals surface area contributed by atoms with Crippen LogP contribution in [0.4, 0.5) is 13.2 Å². The van der Waals surface area contributed by atoms with E-state index in [2.05, 4.69) is 10.6 Å². The van der Waals surface area contributed by atoms with Gasteiger partial charge in [0.1, 0.15) is 0 Å². The minimum atomic E-state index is -4.39. The normalized spacial score (nSPS) is 24.2. The summed E-state index contributed by atoms with van der Waals surface area (Å²) in [6, 6.07) is 4.26. The Bertz CT molecular complexity index is 638. The van der Waals surface area contributed by atoms with E-state index >= 15 is 0 Å². The first-order chi connectivity index (χ1) is 12.4. The predicted molar refractivity (Wildman–Crippen MR) is 95.1 cm³/mol. The van der Waals surface area contributed by atoms with Gasteiger partial charge in [0.2, 0.25) is 0 Å². The van der Waals surface area contributed by atoms with Crippen molar-refractivity contribution in [2.75, 3.05) is 0 Å². The molecule has 0 radical (unpaired) electrons. The topological polar surface area (TPSA) is 41.1 Å². The molecule has 0 heterocycles. The fraction of sp³-hybridized carbons (Fsp3) is 0.650. The maximum Gasteiger partial charge on any atom is 0.416 e. The third-order valence-corrected chi connectivity index (χ3v) is 5.70. The average Bonchev–Trinajstić information content (AvgIpc) is 3.26. The minimum Gasteiger partial charge on any atom is -0.348 e. The smallest absolute Gasteiger partial charge is 0.348 e. The highest BCUT2D eigenvalue weighted by Crippen LogP contribution is 2.31. The molecule has 6 heteroatoms. The van der Waals surface area contributed by atoms with Gasteiger partial charge in [0.25, 0.3) is 5.91 Å². The molecule has 1 aromatic rings. The number of nitrogens with one attached hydrogen (secondary N) is 2. The van der Waals surface area contributed by atoms with Crippen LogP contribution in [0.1, 0.15) is 73.4 Å². The van der Waals surface area contributed by atoms with Crippen LogP contribution in [-0.2, 0) is 12.6 Å². The summed E-state index contributed by atoms with van der Waals surface area (Å²) in [5.74, 6) is -0.263. The molecule has 2 atom stereocenters. The molecule has 0 aromatic heterocycles. The van der Waals surface area contributed by atoms with E-state index in [0.29, 0.717) is 23.6 Å². The third-order valence-electron chi connectivity index (χ3n) is 5.70. The van der Waals surface area contributed by atoms with Crippen LogP contribution in [0.2, 0.25) is 0 Å². The van der Waals surface area contributed by atoms with Gasteiger partial charge >= 0.3 is 6.18 Å². The van der Waals surface area contributed by atoms with Gasteiger partial charge in [-0.1, -0.05) is 19.8 Å². The van der Waals surface area contributed by atoms with E-state index in [1.165, 1.54) is 31.7 Å². The number of rotatable bonds is 5. The van der Waals surface area contributed by atoms with Crippen molar-refractivity contribution in [3.63, 3.8) is 0 Å². The van der Waals surface area contributed by atoms with Crippen molar-refractivity contribution in [3.05, 3.63) is 34.9 Å². The lowest BCUT2D eigenvalue weighted by Crippen LogP contribution is -2.49. The molecule has 3 rings (SSSR count). The maximum absolute atomic E-state index is 12.9. The summed E-state index contributed by atoms with van der Waals surface area (Å²) in [5, 5.41) is 6.75. The molecule has 26 heavy (non-hydrogen) atoms. The highest BCUT2D eigenvalue weighted by atomic mass is 19.4. The molecule has 2 saturated carbocycles. The SMILES string of the molecule is CCc1cc(C(F)(F)F)ccc1C(=O)N[C@@H]1CCC[C@@H]1NC1CCCC1. The first-order valence-electron chi connectivity index (χ1n) is 9.65. The van der Waals surface area contributed by atoms with Crippen LogP contribution >= 0.6 is 0 Å². The number of hydrogen-bond acceptors (Lipinski definition) is 2. The Hall–Kier alpha value is -1.56. The van der Waals surface area contributed by atoms with Crippen LogP contribution < -0.4 is 10.6 Å². The van der Waals surface area contributed by atoms with E-state index in [9.17, 15) is 18.0 Å². The second-order valence-electron chi connectivity index (χ2n) is 7.49. The lowest BCUT2D eigenvalue weighted by atomic mass is 10.00. The summed E-state index contributed by atoms with van der Waals surface area (Å²) in [4.78, 5) is 12.7. The highest BCUT2D eigenvalue weighted by molar-refractivity contribution is 5.96. The maximum atomic E-state index is 12.9. The van der Waals surface area contributed by atoms with Gasteiger partial charge in [-0.15, -0.1) is 0 Å². The highest BCUT2D eigenvalue weighted by Gasteiger charge is 2.33. The Morgan fingerprint density at radius 3 is 2.42 bits per heavy atom. The molecule has 1 aromatic carbocycles. The van der Waals surface area contributed by atoms with Crippen molar-refractivity contribution in [2.45, 2.75) is 82.6 Å². The fourth-order valence-electron chi connectivity index (χ4n) is 4.26. The molecule has 0 saturated heterocycles. The number of halogens is 3. The van der Waals surface area contributed by atoms with Crippen molar-refractivity contribution in [2.24, 2.45) is 0 Å². The van der Waals surface area contributed by atoms with Crippen LogP contribution in [0.3, 0.4) is 0 Å². The average molecular weight is 368 g/mol. The summed E-state index contributed by atoms with van der Waals surface area (Å²) in [7, 11) is 0. The number of alkyl halides is 3. The number of aryl methyl sites for hydroxylation is 1. The lowest BCUT2D eigenvalue weighted by Gasteiger charge is -2.26. The number of amides is 1. The molecule has 2 aliphatic rings. The second-order valence-corrected chi connectivity index (χ2v) is 7.49. The van der Waals surface area contributed by atoms with Gasteiger partial charge in [0, 0.05) is 23.7 Å². The standard InChI is InChI=1S/C20H27F3N2O/c1-2-13-12-14(20(21,22)23)10-11-16(13)19(26)25-18-9-5-8-17(18)24-15-6-3-4-7-15/h10-12,15,17-18,24H,2-9H2,1H3,(H,25,26)/t17-,18+/m0/s1.